The molecule has 1 atom stereocenters. The monoisotopic (exact) mass is 197 g/mol. The van der Waals surface area contributed by atoms with Gasteiger partial charge in [-0.3, -0.25) is 4.79 Å². The molecule has 0 saturated carbocycles. The topological polar surface area (TPSA) is 69.1 Å². The second-order valence-corrected chi connectivity index (χ2v) is 3.12. The molecule has 0 fully saturated rings. The maximum atomic E-state index is 10.9. The number of rotatable bonds is 2. The number of benzene rings is 1. The van der Waals surface area contributed by atoms with Crippen LogP contribution in [0.25, 0.3) is 0 Å². The predicted molar refractivity (Wildman–Crippen MR) is 52.3 cm³/mol. The normalized spacial score (nSPS) is 12.5. The highest BCUT2D eigenvalue weighted by Gasteiger charge is 2.08. The third kappa shape index (κ3) is 2.20. The number of carbonyl (C=O) groups is 1. The molecule has 4 N–H and O–H groups in total. The lowest BCUT2D eigenvalue weighted by Gasteiger charge is -2.07. The largest absolute Gasteiger partial charge is 0.366 e. The molecule has 13 heavy (non-hydrogen) atoms. The first-order chi connectivity index (χ1) is 6.02. The van der Waals surface area contributed by atoms with Gasteiger partial charge in [-0.05, 0) is 24.6 Å². The van der Waals surface area contributed by atoms with Crippen molar-refractivity contribution < 1.29 is 4.79 Å². The summed E-state index contributed by atoms with van der Waals surface area (Å²) in [7, 11) is 0. The Morgan fingerprint density at radius 1 is 1.54 bits per heavy atom. The van der Waals surface area contributed by atoms with Crippen molar-refractivity contribution in [1.82, 2.24) is 0 Å². The second kappa shape index (κ2) is 3.77. The lowest BCUT2D eigenvalue weighted by molar-refractivity contribution is 0.100. The van der Waals surface area contributed by atoms with E-state index in [1.807, 2.05) is 0 Å². The fourth-order valence-corrected chi connectivity index (χ4v) is 1.17. The van der Waals surface area contributed by atoms with Crippen molar-refractivity contribution in [1.29, 1.82) is 0 Å². The fraction of sp³-hybridized carbons (Fsp3) is 0.111. The molecule has 0 spiro atoms. The average molecular weight is 198 g/mol. The van der Waals surface area contributed by atoms with Gasteiger partial charge in [0.15, 0.2) is 0 Å². The molecule has 0 aliphatic rings. The quantitative estimate of drug-likeness (QED) is 0.750. The number of hydrogen-bond acceptors (Lipinski definition) is 2. The lowest BCUT2D eigenvalue weighted by atomic mass is 10.1. The van der Waals surface area contributed by atoms with E-state index in [1.54, 1.807) is 18.2 Å². The van der Waals surface area contributed by atoms with Crippen LogP contribution in [0.3, 0.4) is 0 Å². The van der Waals surface area contributed by atoms with Gasteiger partial charge in [0.1, 0.15) is 0 Å². The minimum absolute atomic E-state index is 0.276. The third-order valence-corrected chi connectivity index (χ3v) is 2.01. The van der Waals surface area contributed by atoms with Crippen LogP contribution in [0.15, 0.2) is 18.2 Å². The maximum absolute atomic E-state index is 10.9. The molecule has 0 aliphatic heterocycles. The van der Waals surface area contributed by atoms with Crippen LogP contribution in [0.5, 0.6) is 0 Å². The Bertz CT molecular complexity index is 336. The van der Waals surface area contributed by atoms with Gasteiger partial charge in [-0.15, -0.1) is 0 Å². The van der Waals surface area contributed by atoms with Gasteiger partial charge in [0, 0.05) is 6.04 Å². The van der Waals surface area contributed by atoms with Crippen LogP contribution in [0.4, 0.5) is 0 Å². The van der Waals surface area contributed by atoms with Crippen molar-refractivity contribution in [2.75, 3.05) is 0 Å². The minimum atomic E-state index is -0.562. The molecule has 4 heteroatoms. The van der Waals surface area contributed by atoms with Crippen molar-refractivity contribution in [3.8, 4) is 0 Å². The molecule has 0 aliphatic carbocycles. The summed E-state index contributed by atoms with van der Waals surface area (Å²) in [6.45, 7) is 3.62. The Morgan fingerprint density at radius 3 is 2.62 bits per heavy atom. The standard InChI is InChI=1S/C9H10ClN2O/c1-5(11)6-2-3-8(10)7(4-6)9(12)13/h2-5H,1,11H2,(H2,12,13). The van der Waals surface area contributed by atoms with Crippen LogP contribution in [0.2, 0.25) is 5.02 Å². The smallest absolute Gasteiger partial charge is 0.250 e. The van der Waals surface area contributed by atoms with Gasteiger partial charge in [-0.1, -0.05) is 17.7 Å². The molecule has 0 bridgehead atoms. The van der Waals surface area contributed by atoms with Crippen LogP contribution in [-0.4, -0.2) is 5.91 Å². The van der Waals surface area contributed by atoms with Crippen LogP contribution in [0, 0.1) is 6.92 Å². The van der Waals surface area contributed by atoms with Gasteiger partial charge in [0.05, 0.1) is 10.6 Å². The molecule has 1 rings (SSSR count). The SMILES string of the molecule is [CH2]C(N)c1ccc(Cl)c(C(N)=O)c1. The summed E-state index contributed by atoms with van der Waals surface area (Å²) in [5.41, 5.74) is 11.6. The first kappa shape index (κ1) is 10.0. The molecule has 1 amide bonds. The fourth-order valence-electron chi connectivity index (χ4n) is 0.962. The van der Waals surface area contributed by atoms with Gasteiger partial charge >= 0.3 is 0 Å². The zero-order valence-corrected chi connectivity index (χ0v) is 7.71. The number of carbonyl (C=O) groups excluding carboxylic acids is 1. The van der Waals surface area contributed by atoms with E-state index in [0.717, 1.165) is 5.56 Å². The highest BCUT2D eigenvalue weighted by atomic mass is 35.5. The number of primary amides is 1. The summed E-state index contributed by atoms with van der Waals surface area (Å²) in [6.07, 6.45) is 0. The number of halogens is 1. The Morgan fingerprint density at radius 2 is 2.15 bits per heavy atom. The predicted octanol–water partition coefficient (Wildman–Crippen LogP) is 1.27. The average Bonchev–Trinajstić information content (AvgIpc) is 2.04. The zero-order chi connectivity index (χ0) is 10.0. The minimum Gasteiger partial charge on any atom is -0.366 e. The highest BCUT2D eigenvalue weighted by molar-refractivity contribution is 6.33. The van der Waals surface area contributed by atoms with E-state index in [0.29, 0.717) is 5.02 Å². The summed E-state index contributed by atoms with van der Waals surface area (Å²) in [5, 5.41) is 0.330. The van der Waals surface area contributed by atoms with Gasteiger partial charge in [0.25, 0.3) is 0 Å². The van der Waals surface area contributed by atoms with Gasteiger partial charge in [0.2, 0.25) is 5.91 Å². The molecule has 3 nitrogen and oxygen atoms in total. The van der Waals surface area contributed by atoms with Crippen molar-refractivity contribution in [2.45, 2.75) is 6.04 Å². The molecule has 0 aromatic heterocycles. The summed E-state index contributed by atoms with van der Waals surface area (Å²) in [4.78, 5) is 10.9. The van der Waals surface area contributed by atoms with Crippen LogP contribution < -0.4 is 11.5 Å². The summed E-state index contributed by atoms with van der Waals surface area (Å²) in [6, 6.07) is 4.48. The molecule has 1 unspecified atom stereocenters. The Balaban J connectivity index is 3.19. The molecular weight excluding hydrogens is 188 g/mol. The third-order valence-electron chi connectivity index (χ3n) is 1.68. The van der Waals surface area contributed by atoms with Crippen LogP contribution >= 0.6 is 11.6 Å². The summed E-state index contributed by atoms with van der Waals surface area (Å²) in [5.74, 6) is -0.562. The van der Waals surface area contributed by atoms with Crippen molar-refractivity contribution >= 4 is 17.5 Å². The number of amides is 1. The highest BCUT2D eigenvalue weighted by Crippen LogP contribution is 2.19. The Hall–Kier alpha value is -1.06. The van der Waals surface area contributed by atoms with E-state index >= 15 is 0 Å². The van der Waals surface area contributed by atoms with Crippen molar-refractivity contribution in [3.63, 3.8) is 0 Å². The second-order valence-electron chi connectivity index (χ2n) is 2.71. The van der Waals surface area contributed by atoms with E-state index < -0.39 is 5.91 Å². The lowest BCUT2D eigenvalue weighted by Crippen LogP contribution is -2.13. The molecular formula is C9H10ClN2O. The van der Waals surface area contributed by atoms with E-state index in [2.05, 4.69) is 6.92 Å². The molecule has 0 saturated heterocycles. The number of hydrogen-bond donors (Lipinski definition) is 2. The first-order valence-electron chi connectivity index (χ1n) is 3.70. The van der Waals surface area contributed by atoms with Crippen molar-refractivity contribution in [3.05, 3.63) is 41.3 Å². The zero-order valence-electron chi connectivity index (χ0n) is 6.96. The van der Waals surface area contributed by atoms with Gasteiger partial charge < -0.3 is 11.5 Å². The summed E-state index contributed by atoms with van der Waals surface area (Å²) < 4.78 is 0. The Kier molecular flexibility index (Phi) is 2.90. The van der Waals surface area contributed by atoms with E-state index in [1.165, 1.54) is 0 Å². The molecule has 1 radical (unpaired) electrons. The number of nitrogens with two attached hydrogens (primary N) is 2. The van der Waals surface area contributed by atoms with E-state index in [4.69, 9.17) is 23.1 Å². The molecule has 69 valence electrons. The molecule has 0 heterocycles. The van der Waals surface area contributed by atoms with Gasteiger partial charge in [-0.25, -0.2) is 0 Å². The first-order valence-corrected chi connectivity index (χ1v) is 4.08. The van der Waals surface area contributed by atoms with E-state index in [-0.39, 0.29) is 11.6 Å². The van der Waals surface area contributed by atoms with Crippen LogP contribution in [-0.2, 0) is 0 Å². The van der Waals surface area contributed by atoms with Crippen molar-refractivity contribution in [2.24, 2.45) is 11.5 Å². The molecule has 1 aromatic carbocycles. The summed E-state index contributed by atoms with van der Waals surface area (Å²) >= 11 is 5.73. The van der Waals surface area contributed by atoms with Crippen LogP contribution in [0.1, 0.15) is 22.0 Å². The maximum Gasteiger partial charge on any atom is 0.250 e. The van der Waals surface area contributed by atoms with E-state index in [9.17, 15) is 4.79 Å². The van der Waals surface area contributed by atoms with Gasteiger partial charge in [-0.2, -0.15) is 0 Å². The molecule has 1 aromatic rings. The Labute approximate surface area is 81.7 Å².